The highest BCUT2D eigenvalue weighted by Crippen LogP contribution is 2.42. The van der Waals surface area contributed by atoms with Gasteiger partial charge in [-0.1, -0.05) is 127 Å². The van der Waals surface area contributed by atoms with Gasteiger partial charge in [-0.2, -0.15) is 0 Å². The van der Waals surface area contributed by atoms with Crippen molar-refractivity contribution in [3.63, 3.8) is 0 Å². The quantitative estimate of drug-likeness (QED) is 0.176. The molecule has 0 radical (unpaired) electrons. The Labute approximate surface area is 332 Å². The van der Waals surface area contributed by atoms with Crippen LogP contribution < -0.4 is 0 Å². The van der Waals surface area contributed by atoms with Crippen LogP contribution in [0.2, 0.25) is 0 Å². The van der Waals surface area contributed by atoms with Crippen molar-refractivity contribution >= 4 is 80.9 Å². The maximum atomic E-state index is 5.48. The smallest absolute Gasteiger partial charge is 0.137 e. The van der Waals surface area contributed by atoms with Crippen LogP contribution >= 0.6 is 11.3 Å². The van der Waals surface area contributed by atoms with Crippen LogP contribution in [0.5, 0.6) is 0 Å². The van der Waals surface area contributed by atoms with Crippen molar-refractivity contribution in [1.82, 2.24) is 19.1 Å². The molecule has 12 rings (SSSR count). The lowest BCUT2D eigenvalue weighted by Gasteiger charge is -2.19. The first-order chi connectivity index (χ1) is 28.3. The van der Waals surface area contributed by atoms with E-state index in [1.54, 1.807) is 11.3 Å². The summed E-state index contributed by atoms with van der Waals surface area (Å²) in [5.74, 6) is 0.861. The molecule has 7 aromatic carbocycles. The van der Waals surface area contributed by atoms with E-state index in [-0.39, 0.29) is 5.92 Å². The van der Waals surface area contributed by atoms with Crippen LogP contribution in [-0.4, -0.2) is 19.1 Å². The molecule has 0 bridgehead atoms. The van der Waals surface area contributed by atoms with Gasteiger partial charge < -0.3 is 9.13 Å². The topological polar surface area (TPSA) is 35.6 Å². The molecule has 0 saturated carbocycles. The van der Waals surface area contributed by atoms with E-state index < -0.39 is 0 Å². The third kappa shape index (κ3) is 5.06. The first-order valence-corrected chi connectivity index (χ1v) is 20.3. The van der Waals surface area contributed by atoms with Gasteiger partial charge in [-0.15, -0.1) is 11.3 Å². The van der Waals surface area contributed by atoms with Crippen LogP contribution in [0.15, 0.2) is 188 Å². The molecule has 0 spiro atoms. The Morgan fingerprint density at radius 1 is 0.491 bits per heavy atom. The summed E-state index contributed by atoms with van der Waals surface area (Å²) >= 11 is 1.79. The first kappa shape index (κ1) is 32.2. The Morgan fingerprint density at radius 2 is 1.07 bits per heavy atom. The Bertz CT molecular complexity index is 3350. The van der Waals surface area contributed by atoms with Crippen LogP contribution in [0.4, 0.5) is 0 Å². The highest BCUT2D eigenvalue weighted by molar-refractivity contribution is 7.26. The zero-order valence-corrected chi connectivity index (χ0v) is 31.7. The number of aromatic nitrogens is 4. The Morgan fingerprint density at radius 3 is 1.74 bits per heavy atom. The molecule has 4 heterocycles. The number of fused-ring (bicyclic) bond motifs is 9. The second-order valence-electron chi connectivity index (χ2n) is 14.9. The van der Waals surface area contributed by atoms with Crippen LogP contribution in [0.25, 0.3) is 97.7 Å². The van der Waals surface area contributed by atoms with E-state index in [2.05, 4.69) is 197 Å². The summed E-state index contributed by atoms with van der Waals surface area (Å²) in [6.45, 7) is 0. The third-order valence-electron chi connectivity index (χ3n) is 11.6. The van der Waals surface area contributed by atoms with Gasteiger partial charge in [0.2, 0.25) is 0 Å². The molecule has 1 atom stereocenters. The van der Waals surface area contributed by atoms with Crippen molar-refractivity contribution in [3.05, 3.63) is 194 Å². The van der Waals surface area contributed by atoms with Gasteiger partial charge >= 0.3 is 0 Å². The lowest BCUT2D eigenvalue weighted by molar-refractivity contribution is 0.780. The van der Waals surface area contributed by atoms with E-state index in [1.165, 1.54) is 59.4 Å². The summed E-state index contributed by atoms with van der Waals surface area (Å²) in [4.78, 5) is 10.9. The Balaban J connectivity index is 1.02. The highest BCUT2D eigenvalue weighted by atomic mass is 32.1. The molecule has 4 aromatic heterocycles. The van der Waals surface area contributed by atoms with E-state index in [0.29, 0.717) is 0 Å². The predicted molar refractivity (Wildman–Crippen MR) is 240 cm³/mol. The molecule has 0 aliphatic heterocycles. The summed E-state index contributed by atoms with van der Waals surface area (Å²) in [5.41, 5.74) is 12.6. The number of nitrogens with zero attached hydrogens (tertiary/aromatic N) is 4. The number of rotatable bonds is 5. The number of para-hydroxylation sites is 4. The van der Waals surface area contributed by atoms with Gasteiger partial charge in [0, 0.05) is 54.5 Å². The SMILES string of the molecule is C1=CC(n2c3ccccc3c3ccccc32)=CC(c2nc(-c3ccccc3)c3sc4ccc(-c5cccc(-n6c7ccccc7c7ccccc76)c5)cc4c3n2)C1. The van der Waals surface area contributed by atoms with Crippen LogP contribution in [0.3, 0.4) is 0 Å². The number of hydrogen-bond acceptors (Lipinski definition) is 3. The highest BCUT2D eigenvalue weighted by Gasteiger charge is 2.23. The lowest BCUT2D eigenvalue weighted by Crippen LogP contribution is -2.08. The van der Waals surface area contributed by atoms with Crippen LogP contribution in [-0.2, 0) is 0 Å². The van der Waals surface area contributed by atoms with Gasteiger partial charge in [0.25, 0.3) is 0 Å². The van der Waals surface area contributed by atoms with Gasteiger partial charge in [-0.3, -0.25) is 0 Å². The summed E-state index contributed by atoms with van der Waals surface area (Å²) < 4.78 is 7.11. The van der Waals surface area contributed by atoms with Crippen molar-refractivity contribution in [3.8, 4) is 28.1 Å². The summed E-state index contributed by atoms with van der Waals surface area (Å²) in [5, 5.41) is 6.21. The standard InChI is InChI=1S/C52H34N4S/c1-2-14-33(15-3-1)49-51-50(54-52(53-49)36-17-13-19-38(31-36)56-46-26-10-6-22-41(46)42-23-7-11-27-47(42)56)43-32-35(28-29-48(43)57-51)34-16-12-18-37(30-34)55-44-24-8-4-20-39(44)40-21-5-9-25-45(40)55/h1-16,18-32,36H,17H2. The number of allylic oxidation sites excluding steroid dienone is 4. The average molecular weight is 747 g/mol. The molecular weight excluding hydrogens is 713 g/mol. The average Bonchev–Trinajstić information content (AvgIpc) is 3.94. The maximum absolute atomic E-state index is 5.48. The number of hydrogen-bond donors (Lipinski definition) is 0. The van der Waals surface area contributed by atoms with Gasteiger partial charge in [0.1, 0.15) is 5.82 Å². The molecule has 1 unspecified atom stereocenters. The molecule has 5 heteroatoms. The van der Waals surface area contributed by atoms with Gasteiger partial charge in [-0.25, -0.2) is 9.97 Å². The normalized spacial score (nSPS) is 14.5. The lowest BCUT2D eigenvalue weighted by atomic mass is 9.97. The van der Waals surface area contributed by atoms with Gasteiger partial charge in [0.05, 0.1) is 38.0 Å². The fourth-order valence-corrected chi connectivity index (χ4v) is 10.2. The molecule has 0 N–H and O–H groups in total. The van der Waals surface area contributed by atoms with Crippen molar-refractivity contribution in [2.24, 2.45) is 0 Å². The molecule has 57 heavy (non-hydrogen) atoms. The molecule has 0 amide bonds. The van der Waals surface area contributed by atoms with Crippen LogP contribution in [0, 0.1) is 0 Å². The van der Waals surface area contributed by atoms with Crippen molar-refractivity contribution in [2.75, 3.05) is 0 Å². The minimum atomic E-state index is 0.0119. The fraction of sp³-hybridized carbons (Fsp3) is 0.0385. The molecular formula is C52H34N4S. The first-order valence-electron chi connectivity index (χ1n) is 19.5. The molecule has 11 aromatic rings. The molecule has 268 valence electrons. The second kappa shape index (κ2) is 12.7. The van der Waals surface area contributed by atoms with Gasteiger partial charge in [-0.05, 0) is 78.2 Å². The predicted octanol–water partition coefficient (Wildman–Crippen LogP) is 14.0. The molecule has 0 fully saturated rings. The van der Waals surface area contributed by atoms with E-state index in [9.17, 15) is 0 Å². The fourth-order valence-electron chi connectivity index (χ4n) is 9.02. The third-order valence-corrected chi connectivity index (χ3v) is 12.8. The molecule has 0 saturated heterocycles. The van der Waals surface area contributed by atoms with E-state index >= 15 is 0 Å². The summed E-state index contributed by atoms with van der Waals surface area (Å²) in [6.07, 6.45) is 7.75. The molecule has 4 nitrogen and oxygen atoms in total. The second-order valence-corrected chi connectivity index (χ2v) is 16.0. The van der Waals surface area contributed by atoms with E-state index in [4.69, 9.17) is 9.97 Å². The molecule has 1 aliphatic rings. The zero-order valence-electron chi connectivity index (χ0n) is 30.9. The van der Waals surface area contributed by atoms with Crippen molar-refractivity contribution in [2.45, 2.75) is 12.3 Å². The van der Waals surface area contributed by atoms with Gasteiger partial charge in [0.15, 0.2) is 0 Å². The summed E-state index contributed by atoms with van der Waals surface area (Å²) in [6, 6.07) is 61.2. The largest absolute Gasteiger partial charge is 0.310 e. The minimum absolute atomic E-state index is 0.0119. The zero-order chi connectivity index (χ0) is 37.5. The van der Waals surface area contributed by atoms with E-state index in [0.717, 1.165) is 50.5 Å². The maximum Gasteiger partial charge on any atom is 0.137 e. The van der Waals surface area contributed by atoms with Crippen molar-refractivity contribution < 1.29 is 0 Å². The monoisotopic (exact) mass is 746 g/mol. The number of thiophene rings is 1. The molecule has 1 aliphatic carbocycles. The van der Waals surface area contributed by atoms with Crippen LogP contribution in [0.1, 0.15) is 18.2 Å². The van der Waals surface area contributed by atoms with E-state index in [1.807, 2.05) is 0 Å². The minimum Gasteiger partial charge on any atom is -0.310 e. The number of benzene rings is 7. The van der Waals surface area contributed by atoms with Crippen molar-refractivity contribution in [1.29, 1.82) is 0 Å². The Kier molecular flexibility index (Phi) is 7.19. The summed E-state index contributed by atoms with van der Waals surface area (Å²) in [7, 11) is 0. The Hall–Kier alpha value is -7.08.